The van der Waals surface area contributed by atoms with E-state index in [1.54, 1.807) is 11.8 Å². The molecule has 6 nitrogen and oxygen atoms in total. The molecule has 0 spiro atoms. The molecule has 0 saturated heterocycles. The standard InChI is InChI=1S/C38H58O6S/c1-35(2,3)27-19-23(20-28(31(27)39)36(4,5)6)17-25(33(41)42)13-15-45-16-14-26(34(43)44)18-24-21-29(37(7,8)9)32(40)30(22-24)38(10,11)12/h17-19,21,23-24,39-40H,13-16,20,22H2,1-12H3,(H,41,42)(H,43,44). The molecule has 0 fully saturated rings. The maximum absolute atomic E-state index is 12.2. The van der Waals surface area contributed by atoms with Crippen LogP contribution in [0.25, 0.3) is 0 Å². The van der Waals surface area contributed by atoms with Crippen molar-refractivity contribution in [3.8, 4) is 0 Å². The molecule has 0 saturated carbocycles. The Bertz CT molecular complexity index is 1220. The molecular formula is C38H58O6S. The predicted octanol–water partition coefficient (Wildman–Crippen LogP) is 10.2. The van der Waals surface area contributed by atoms with E-state index in [9.17, 15) is 30.0 Å². The molecule has 2 aliphatic rings. The van der Waals surface area contributed by atoms with Crippen LogP contribution in [0.4, 0.5) is 0 Å². The number of thioether (sulfide) groups is 1. The lowest BCUT2D eigenvalue weighted by Gasteiger charge is -2.35. The van der Waals surface area contributed by atoms with Crippen molar-refractivity contribution >= 4 is 23.7 Å². The molecule has 0 heterocycles. The fraction of sp³-hybridized carbons (Fsp3) is 0.632. The average Bonchev–Trinajstić information content (AvgIpc) is 2.85. The molecule has 2 rings (SSSR count). The van der Waals surface area contributed by atoms with Gasteiger partial charge in [-0.2, -0.15) is 11.8 Å². The third kappa shape index (κ3) is 10.7. The topological polar surface area (TPSA) is 115 Å². The van der Waals surface area contributed by atoms with E-state index < -0.39 is 11.9 Å². The fourth-order valence-electron chi connectivity index (χ4n) is 5.95. The van der Waals surface area contributed by atoms with Crippen LogP contribution in [-0.2, 0) is 9.59 Å². The minimum atomic E-state index is -0.951. The Labute approximate surface area is 276 Å². The van der Waals surface area contributed by atoms with E-state index in [0.717, 1.165) is 22.3 Å². The quantitative estimate of drug-likeness (QED) is 0.138. The molecule has 2 unspecified atom stereocenters. The zero-order valence-corrected chi connectivity index (χ0v) is 30.5. The number of hydrogen-bond donors (Lipinski definition) is 4. The lowest BCUT2D eigenvalue weighted by Crippen LogP contribution is -2.24. The summed E-state index contributed by atoms with van der Waals surface area (Å²) in [4.78, 5) is 24.4. The summed E-state index contributed by atoms with van der Waals surface area (Å²) >= 11 is 1.55. The number of carbonyl (C=O) groups is 2. The Morgan fingerprint density at radius 1 is 0.644 bits per heavy atom. The van der Waals surface area contributed by atoms with Gasteiger partial charge in [-0.1, -0.05) is 107 Å². The molecule has 0 aromatic carbocycles. The highest BCUT2D eigenvalue weighted by molar-refractivity contribution is 7.99. The molecule has 2 aliphatic carbocycles. The molecule has 0 aliphatic heterocycles. The van der Waals surface area contributed by atoms with E-state index >= 15 is 0 Å². The van der Waals surface area contributed by atoms with Crippen molar-refractivity contribution in [3.05, 3.63) is 69.3 Å². The number of aliphatic carboxylic acids is 2. The average molecular weight is 643 g/mol. The Morgan fingerprint density at radius 2 is 0.956 bits per heavy atom. The number of allylic oxidation sites excluding steroid dienone is 8. The number of rotatable bonds is 10. The zero-order chi connectivity index (χ0) is 34.7. The predicted molar refractivity (Wildman–Crippen MR) is 188 cm³/mol. The lowest BCUT2D eigenvalue weighted by molar-refractivity contribution is -0.133. The van der Waals surface area contributed by atoms with Gasteiger partial charge in [-0.25, -0.2) is 9.59 Å². The van der Waals surface area contributed by atoms with Crippen LogP contribution < -0.4 is 0 Å². The summed E-state index contributed by atoms with van der Waals surface area (Å²) in [6.07, 6.45) is 9.54. The molecule has 2 atom stereocenters. The smallest absolute Gasteiger partial charge is 0.331 e. The number of aliphatic hydroxyl groups excluding tert-OH is 2. The second kappa shape index (κ2) is 14.4. The van der Waals surface area contributed by atoms with Crippen molar-refractivity contribution in [3.63, 3.8) is 0 Å². The van der Waals surface area contributed by atoms with Gasteiger partial charge in [-0.05, 0) is 81.1 Å². The van der Waals surface area contributed by atoms with Crippen LogP contribution >= 0.6 is 11.8 Å². The number of carboxylic acid groups (broad SMARTS) is 2. The molecular weight excluding hydrogens is 584 g/mol. The van der Waals surface area contributed by atoms with Crippen LogP contribution in [0.3, 0.4) is 0 Å². The lowest BCUT2D eigenvalue weighted by atomic mass is 9.71. The summed E-state index contributed by atoms with van der Waals surface area (Å²) in [5, 5.41) is 42.2. The highest BCUT2D eigenvalue weighted by atomic mass is 32.2. The summed E-state index contributed by atoms with van der Waals surface area (Å²) in [6.45, 7) is 24.7. The first-order valence-corrected chi connectivity index (χ1v) is 17.3. The summed E-state index contributed by atoms with van der Waals surface area (Å²) in [5.41, 5.74) is 3.17. The van der Waals surface area contributed by atoms with Gasteiger partial charge in [0.25, 0.3) is 0 Å². The van der Waals surface area contributed by atoms with E-state index in [-0.39, 0.29) is 33.5 Å². The Morgan fingerprint density at radius 3 is 1.20 bits per heavy atom. The second-order valence-electron chi connectivity index (χ2n) is 16.7. The SMILES string of the molecule is CC(C)(C)C1=CC(C=C(CCSCCC(=CC2C=C(C(C)(C)C)C(O)=C(C(C)(C)C)C2)C(=O)O)C(=O)O)CC(C(C)(C)C)=C1O. The maximum atomic E-state index is 12.2. The Balaban J connectivity index is 2.17. The van der Waals surface area contributed by atoms with Crippen LogP contribution in [0, 0.1) is 33.5 Å². The van der Waals surface area contributed by atoms with Gasteiger partial charge in [-0.3, -0.25) is 0 Å². The van der Waals surface area contributed by atoms with Gasteiger partial charge in [0.2, 0.25) is 0 Å². The summed E-state index contributed by atoms with van der Waals surface area (Å²) in [5.74, 6) is -0.386. The van der Waals surface area contributed by atoms with Gasteiger partial charge in [0.05, 0.1) is 0 Å². The number of hydrogen-bond acceptors (Lipinski definition) is 5. The van der Waals surface area contributed by atoms with E-state index in [4.69, 9.17) is 0 Å². The summed E-state index contributed by atoms with van der Waals surface area (Å²) < 4.78 is 0. The van der Waals surface area contributed by atoms with Crippen LogP contribution in [0.5, 0.6) is 0 Å². The monoisotopic (exact) mass is 642 g/mol. The molecule has 4 N–H and O–H groups in total. The molecule has 7 heteroatoms. The van der Waals surface area contributed by atoms with Crippen LogP contribution in [-0.4, -0.2) is 43.9 Å². The molecule has 0 aromatic rings. The van der Waals surface area contributed by atoms with Crippen LogP contribution in [0.2, 0.25) is 0 Å². The van der Waals surface area contributed by atoms with Gasteiger partial charge in [0.1, 0.15) is 11.5 Å². The number of aliphatic hydroxyl groups is 2. The number of carboxylic acids is 2. The minimum Gasteiger partial charge on any atom is -0.508 e. The molecule has 252 valence electrons. The van der Waals surface area contributed by atoms with Gasteiger partial charge >= 0.3 is 11.9 Å². The van der Waals surface area contributed by atoms with E-state index in [2.05, 4.69) is 41.5 Å². The first kappa shape index (κ1) is 38.5. The fourth-order valence-corrected chi connectivity index (χ4v) is 6.88. The Kier molecular flexibility index (Phi) is 12.3. The maximum Gasteiger partial charge on any atom is 0.331 e. The van der Waals surface area contributed by atoms with Crippen molar-refractivity contribution in [1.82, 2.24) is 0 Å². The largest absolute Gasteiger partial charge is 0.508 e. The first-order chi connectivity index (χ1) is 20.3. The van der Waals surface area contributed by atoms with E-state index in [1.807, 2.05) is 65.8 Å². The summed E-state index contributed by atoms with van der Waals surface area (Å²) in [7, 11) is 0. The van der Waals surface area contributed by atoms with Crippen molar-refractivity contribution in [1.29, 1.82) is 0 Å². The van der Waals surface area contributed by atoms with Gasteiger partial charge in [-0.15, -0.1) is 0 Å². The third-order valence-electron chi connectivity index (χ3n) is 8.56. The van der Waals surface area contributed by atoms with Gasteiger partial charge < -0.3 is 20.4 Å². The second-order valence-corrected chi connectivity index (χ2v) is 17.9. The zero-order valence-electron chi connectivity index (χ0n) is 29.7. The molecule has 0 bridgehead atoms. The van der Waals surface area contributed by atoms with Crippen molar-refractivity contribution in [2.75, 3.05) is 11.5 Å². The van der Waals surface area contributed by atoms with Crippen LogP contribution in [0.1, 0.15) is 109 Å². The van der Waals surface area contributed by atoms with E-state index in [1.165, 1.54) is 0 Å². The van der Waals surface area contributed by atoms with Crippen LogP contribution in [0.15, 0.2) is 69.3 Å². The van der Waals surface area contributed by atoms with Crippen molar-refractivity contribution in [2.24, 2.45) is 33.5 Å². The summed E-state index contributed by atoms with van der Waals surface area (Å²) in [6, 6.07) is 0. The molecule has 45 heavy (non-hydrogen) atoms. The Hall–Kier alpha value is -2.67. The van der Waals surface area contributed by atoms with Crippen molar-refractivity contribution in [2.45, 2.75) is 109 Å². The molecule has 0 aromatic heterocycles. The molecule has 0 radical (unpaired) electrons. The third-order valence-corrected chi connectivity index (χ3v) is 9.55. The van der Waals surface area contributed by atoms with Gasteiger partial charge in [0.15, 0.2) is 0 Å². The van der Waals surface area contributed by atoms with Gasteiger partial charge in [0, 0.05) is 23.0 Å². The highest BCUT2D eigenvalue weighted by Crippen LogP contribution is 2.46. The minimum absolute atomic E-state index is 0.130. The van der Waals surface area contributed by atoms with Crippen molar-refractivity contribution < 1.29 is 30.0 Å². The highest BCUT2D eigenvalue weighted by Gasteiger charge is 2.35. The molecule has 0 amide bonds. The first-order valence-electron chi connectivity index (χ1n) is 16.1. The normalized spacial score (nSPS) is 21.2. The van der Waals surface area contributed by atoms with E-state index in [0.29, 0.717) is 59.9 Å².